The largest absolute Gasteiger partial charge is 0.349 e. The molecule has 1 aromatic heterocycles. The van der Waals surface area contributed by atoms with Crippen LogP contribution in [0.25, 0.3) is 10.1 Å². The number of aryl methyl sites for hydroxylation is 1. The smallest absolute Gasteiger partial charge is 0.261 e. The first-order chi connectivity index (χ1) is 14.8. The molecular weight excluding hydrogens is 428 g/mol. The molecule has 1 fully saturated rings. The molecule has 5 nitrogen and oxygen atoms in total. The number of thiophene rings is 1. The molecule has 1 N–H and O–H groups in total. The van der Waals surface area contributed by atoms with E-state index < -0.39 is 10.0 Å². The van der Waals surface area contributed by atoms with Gasteiger partial charge in [-0.05, 0) is 55.0 Å². The first kappa shape index (κ1) is 21.8. The number of benzene rings is 2. The third kappa shape index (κ3) is 5.28. The molecule has 4 rings (SSSR count). The van der Waals surface area contributed by atoms with E-state index in [-0.39, 0.29) is 18.5 Å². The summed E-state index contributed by atoms with van der Waals surface area (Å²) in [5.41, 5.74) is 2.66. The lowest BCUT2D eigenvalue weighted by molar-refractivity contribution is 0.0932. The van der Waals surface area contributed by atoms with Gasteiger partial charge in [0.1, 0.15) is 0 Å². The fourth-order valence-corrected chi connectivity index (χ4v) is 5.89. The lowest BCUT2D eigenvalue weighted by Crippen LogP contribution is -2.35. The fourth-order valence-electron chi connectivity index (χ4n) is 4.06. The zero-order valence-corrected chi connectivity index (χ0v) is 19.6. The maximum Gasteiger partial charge on any atom is 0.261 e. The zero-order chi connectivity index (χ0) is 22.0. The quantitative estimate of drug-likeness (QED) is 0.552. The molecule has 0 radical (unpaired) electrons. The van der Waals surface area contributed by atoms with Crippen molar-refractivity contribution in [3.8, 4) is 0 Å². The Balaban J connectivity index is 1.59. The molecule has 3 aromatic rings. The minimum atomic E-state index is -3.47. The van der Waals surface area contributed by atoms with Gasteiger partial charge < -0.3 is 5.32 Å². The molecule has 0 unspecified atom stereocenters. The van der Waals surface area contributed by atoms with Gasteiger partial charge in [-0.2, -0.15) is 0 Å². The molecule has 1 aliphatic carbocycles. The number of amides is 1. The van der Waals surface area contributed by atoms with Crippen LogP contribution in [-0.4, -0.2) is 26.6 Å². The lowest BCUT2D eigenvalue weighted by atomic mass is 9.95. The number of carbonyl (C=O) groups excluding carboxylic acids is 1. The van der Waals surface area contributed by atoms with Gasteiger partial charge in [0.05, 0.1) is 23.4 Å². The highest BCUT2D eigenvalue weighted by Crippen LogP contribution is 2.31. The Labute approximate surface area is 188 Å². The van der Waals surface area contributed by atoms with Crippen molar-refractivity contribution in [2.45, 2.75) is 51.6 Å². The van der Waals surface area contributed by atoms with Gasteiger partial charge in [0.15, 0.2) is 0 Å². The van der Waals surface area contributed by atoms with Crippen molar-refractivity contribution in [3.63, 3.8) is 0 Å². The van der Waals surface area contributed by atoms with Crippen LogP contribution in [0.15, 0.2) is 48.5 Å². The molecule has 1 heterocycles. The van der Waals surface area contributed by atoms with E-state index in [0.29, 0.717) is 10.6 Å². The highest BCUT2D eigenvalue weighted by Gasteiger charge is 2.21. The minimum Gasteiger partial charge on any atom is -0.349 e. The molecule has 0 aliphatic heterocycles. The van der Waals surface area contributed by atoms with E-state index in [1.807, 2.05) is 55.5 Å². The van der Waals surface area contributed by atoms with Gasteiger partial charge >= 0.3 is 0 Å². The molecule has 0 atom stereocenters. The Hall–Kier alpha value is -2.38. The summed E-state index contributed by atoms with van der Waals surface area (Å²) >= 11 is 1.45. The summed E-state index contributed by atoms with van der Waals surface area (Å²) < 4.78 is 27.5. The monoisotopic (exact) mass is 456 g/mol. The van der Waals surface area contributed by atoms with Gasteiger partial charge in [-0.25, -0.2) is 8.42 Å². The maximum absolute atomic E-state index is 12.7. The third-order valence-corrected chi connectivity index (χ3v) is 8.05. The second kappa shape index (κ2) is 9.01. The highest BCUT2D eigenvalue weighted by molar-refractivity contribution is 7.92. The molecule has 1 saturated carbocycles. The number of rotatable bonds is 6. The number of carbonyl (C=O) groups is 1. The fraction of sp³-hybridized carbons (Fsp3) is 0.375. The Bertz CT molecular complexity index is 1180. The summed E-state index contributed by atoms with van der Waals surface area (Å²) in [7, 11) is -3.47. The van der Waals surface area contributed by atoms with Crippen LogP contribution in [0.3, 0.4) is 0 Å². The Kier molecular flexibility index (Phi) is 6.34. The van der Waals surface area contributed by atoms with Crippen LogP contribution < -0.4 is 9.62 Å². The molecule has 7 heteroatoms. The van der Waals surface area contributed by atoms with E-state index >= 15 is 0 Å². The molecule has 2 aromatic carbocycles. The van der Waals surface area contributed by atoms with Crippen molar-refractivity contribution in [2.75, 3.05) is 10.6 Å². The van der Waals surface area contributed by atoms with Crippen LogP contribution in [0.1, 0.15) is 52.9 Å². The number of hydrogen-bond acceptors (Lipinski definition) is 4. The van der Waals surface area contributed by atoms with E-state index in [2.05, 4.69) is 5.32 Å². The minimum absolute atomic E-state index is 0.0331. The van der Waals surface area contributed by atoms with Crippen molar-refractivity contribution in [2.24, 2.45) is 0 Å². The predicted octanol–water partition coefficient (Wildman–Crippen LogP) is 5.24. The molecule has 31 heavy (non-hydrogen) atoms. The number of fused-ring (bicyclic) bond motifs is 1. The third-order valence-electron chi connectivity index (χ3n) is 5.80. The number of nitrogens with zero attached hydrogens (tertiary/aromatic N) is 1. The second-order valence-corrected chi connectivity index (χ2v) is 11.4. The number of sulfonamides is 1. The summed E-state index contributed by atoms with van der Waals surface area (Å²) in [6.45, 7) is 2.27. The van der Waals surface area contributed by atoms with E-state index in [4.69, 9.17) is 0 Å². The van der Waals surface area contributed by atoms with Gasteiger partial charge in [0, 0.05) is 10.7 Å². The van der Waals surface area contributed by atoms with E-state index in [9.17, 15) is 13.2 Å². The molecule has 0 bridgehead atoms. The SMILES string of the molecule is Cc1ccc(CN(c2ccc3sc(C(=O)NC4CCCCC4)cc3c2)S(C)(=O)=O)cc1. The van der Waals surface area contributed by atoms with E-state index in [1.165, 1.54) is 41.2 Å². The lowest BCUT2D eigenvalue weighted by Gasteiger charge is -2.22. The van der Waals surface area contributed by atoms with Gasteiger partial charge in [0.2, 0.25) is 10.0 Å². The van der Waals surface area contributed by atoms with Crippen LogP contribution in [0.5, 0.6) is 0 Å². The number of hydrogen-bond donors (Lipinski definition) is 1. The summed E-state index contributed by atoms with van der Waals surface area (Å²) in [5.74, 6) is -0.0331. The van der Waals surface area contributed by atoms with Crippen molar-refractivity contribution >= 4 is 43.0 Å². The topological polar surface area (TPSA) is 66.5 Å². The van der Waals surface area contributed by atoms with Crippen molar-refractivity contribution in [1.29, 1.82) is 0 Å². The summed E-state index contributed by atoms with van der Waals surface area (Å²) in [6.07, 6.45) is 6.90. The van der Waals surface area contributed by atoms with Crippen LogP contribution >= 0.6 is 11.3 Å². The Morgan fingerprint density at radius 3 is 2.45 bits per heavy atom. The second-order valence-electron chi connectivity index (χ2n) is 8.40. The van der Waals surface area contributed by atoms with Gasteiger partial charge in [0.25, 0.3) is 5.91 Å². The Morgan fingerprint density at radius 1 is 1.06 bits per heavy atom. The summed E-state index contributed by atoms with van der Waals surface area (Å²) in [5, 5.41) is 4.04. The average Bonchev–Trinajstić information content (AvgIpc) is 3.17. The van der Waals surface area contributed by atoms with E-state index in [1.54, 1.807) is 0 Å². The summed E-state index contributed by atoms with van der Waals surface area (Å²) in [6, 6.07) is 15.6. The van der Waals surface area contributed by atoms with Gasteiger partial charge in [-0.1, -0.05) is 49.1 Å². The standard InChI is InChI=1S/C24H28N2O3S2/c1-17-8-10-18(11-9-17)16-26(31(2,28)29)21-12-13-22-19(14-21)15-23(30-22)24(27)25-20-6-4-3-5-7-20/h8-15,20H,3-7,16H2,1-2H3,(H,25,27). The number of anilines is 1. The first-order valence-electron chi connectivity index (χ1n) is 10.7. The molecule has 0 saturated heterocycles. The van der Waals surface area contributed by atoms with Crippen molar-refractivity contribution < 1.29 is 13.2 Å². The van der Waals surface area contributed by atoms with Crippen molar-refractivity contribution in [1.82, 2.24) is 5.32 Å². The van der Waals surface area contributed by atoms with Crippen LogP contribution in [-0.2, 0) is 16.6 Å². The highest BCUT2D eigenvalue weighted by atomic mass is 32.2. The van der Waals surface area contributed by atoms with Crippen LogP contribution in [0.2, 0.25) is 0 Å². The zero-order valence-electron chi connectivity index (χ0n) is 17.9. The first-order valence-corrected chi connectivity index (χ1v) is 13.3. The molecule has 0 spiro atoms. The normalized spacial score (nSPS) is 15.2. The van der Waals surface area contributed by atoms with Crippen LogP contribution in [0.4, 0.5) is 5.69 Å². The number of nitrogens with one attached hydrogen (secondary N) is 1. The van der Waals surface area contributed by atoms with Gasteiger partial charge in [-0.15, -0.1) is 11.3 Å². The predicted molar refractivity (Wildman–Crippen MR) is 128 cm³/mol. The molecule has 164 valence electrons. The molecular formula is C24H28N2O3S2. The Morgan fingerprint density at radius 2 is 1.77 bits per heavy atom. The maximum atomic E-state index is 12.7. The van der Waals surface area contributed by atoms with Gasteiger partial charge in [-0.3, -0.25) is 9.10 Å². The average molecular weight is 457 g/mol. The molecule has 1 amide bonds. The molecule has 1 aliphatic rings. The summed E-state index contributed by atoms with van der Waals surface area (Å²) in [4.78, 5) is 13.4. The van der Waals surface area contributed by atoms with Crippen molar-refractivity contribution in [3.05, 3.63) is 64.5 Å². The van der Waals surface area contributed by atoms with E-state index in [0.717, 1.165) is 34.1 Å². The van der Waals surface area contributed by atoms with Crippen LogP contribution in [0, 0.1) is 6.92 Å².